The Hall–Kier alpha value is -0.160. The van der Waals surface area contributed by atoms with Gasteiger partial charge in [0, 0.05) is 39.5 Å². The minimum atomic E-state index is 0.807. The van der Waals surface area contributed by atoms with Crippen molar-refractivity contribution in [3.63, 3.8) is 0 Å². The molecule has 4 heteroatoms. The van der Waals surface area contributed by atoms with Crippen LogP contribution < -0.4 is 5.32 Å². The minimum Gasteiger partial charge on any atom is -0.385 e. The molecule has 1 aliphatic heterocycles. The molecule has 112 valence electrons. The van der Waals surface area contributed by atoms with E-state index >= 15 is 0 Å². The van der Waals surface area contributed by atoms with Crippen molar-refractivity contribution in [1.29, 1.82) is 0 Å². The van der Waals surface area contributed by atoms with E-state index in [4.69, 9.17) is 9.47 Å². The standard InChI is InChI=1S/C15H30N2O2/c1-18-10-2-11-19-12-9-17(15-3-4-15)13-14-5-7-16-8-6-14/h14-16H,2-13H2,1H3. The van der Waals surface area contributed by atoms with Gasteiger partial charge in [-0.3, -0.25) is 4.90 Å². The lowest BCUT2D eigenvalue weighted by Gasteiger charge is -2.30. The highest BCUT2D eigenvalue weighted by atomic mass is 16.5. The van der Waals surface area contributed by atoms with Crippen LogP contribution in [-0.2, 0) is 9.47 Å². The average Bonchev–Trinajstić information content (AvgIpc) is 3.27. The van der Waals surface area contributed by atoms with Gasteiger partial charge in [0.15, 0.2) is 0 Å². The van der Waals surface area contributed by atoms with Crippen LogP contribution in [-0.4, -0.2) is 64.1 Å². The normalized spacial score (nSPS) is 21.2. The van der Waals surface area contributed by atoms with Crippen LogP contribution in [0.15, 0.2) is 0 Å². The van der Waals surface area contributed by atoms with Crippen LogP contribution in [0.5, 0.6) is 0 Å². The Kier molecular flexibility index (Phi) is 7.14. The zero-order chi connectivity index (χ0) is 13.3. The van der Waals surface area contributed by atoms with Crippen molar-refractivity contribution in [1.82, 2.24) is 10.2 Å². The molecule has 4 nitrogen and oxygen atoms in total. The number of piperidine rings is 1. The molecule has 0 aromatic heterocycles. The van der Waals surface area contributed by atoms with E-state index < -0.39 is 0 Å². The summed E-state index contributed by atoms with van der Waals surface area (Å²) in [6.45, 7) is 7.33. The summed E-state index contributed by atoms with van der Waals surface area (Å²) in [6, 6.07) is 0.859. The molecule has 2 aliphatic rings. The molecule has 0 amide bonds. The molecule has 0 aromatic carbocycles. The highest BCUT2D eigenvalue weighted by Crippen LogP contribution is 2.28. The van der Waals surface area contributed by atoms with Gasteiger partial charge in [0.25, 0.3) is 0 Å². The molecule has 2 fully saturated rings. The van der Waals surface area contributed by atoms with Gasteiger partial charge in [-0.15, -0.1) is 0 Å². The summed E-state index contributed by atoms with van der Waals surface area (Å²) >= 11 is 0. The highest BCUT2D eigenvalue weighted by Gasteiger charge is 2.30. The highest BCUT2D eigenvalue weighted by molar-refractivity contribution is 4.86. The van der Waals surface area contributed by atoms with Gasteiger partial charge in [-0.2, -0.15) is 0 Å². The molecule has 1 saturated heterocycles. The monoisotopic (exact) mass is 270 g/mol. The second-order valence-electron chi connectivity index (χ2n) is 5.88. The summed E-state index contributed by atoms with van der Waals surface area (Å²) in [7, 11) is 1.74. The lowest BCUT2D eigenvalue weighted by molar-refractivity contribution is 0.0757. The first-order valence-electron chi connectivity index (χ1n) is 7.91. The van der Waals surface area contributed by atoms with Gasteiger partial charge >= 0.3 is 0 Å². The lowest BCUT2D eigenvalue weighted by Crippen LogP contribution is -2.38. The lowest BCUT2D eigenvalue weighted by atomic mass is 9.97. The van der Waals surface area contributed by atoms with Crippen molar-refractivity contribution in [2.45, 2.75) is 38.1 Å². The van der Waals surface area contributed by atoms with Gasteiger partial charge in [0.1, 0.15) is 0 Å². The third-order valence-corrected chi connectivity index (χ3v) is 4.17. The number of ether oxygens (including phenoxy) is 2. The SMILES string of the molecule is COCCCOCCN(CC1CCNCC1)C1CC1. The van der Waals surface area contributed by atoms with Crippen molar-refractivity contribution in [2.24, 2.45) is 5.92 Å². The Labute approximate surface area is 117 Å². The molecule has 0 spiro atoms. The summed E-state index contributed by atoms with van der Waals surface area (Å²) in [5.41, 5.74) is 0. The second-order valence-corrected chi connectivity index (χ2v) is 5.88. The zero-order valence-corrected chi connectivity index (χ0v) is 12.4. The van der Waals surface area contributed by atoms with Crippen LogP contribution in [0.1, 0.15) is 32.1 Å². The number of hydrogen-bond donors (Lipinski definition) is 1. The molecule has 0 aromatic rings. The van der Waals surface area contributed by atoms with Gasteiger partial charge in [-0.25, -0.2) is 0 Å². The van der Waals surface area contributed by atoms with E-state index in [-0.39, 0.29) is 0 Å². The number of hydrogen-bond acceptors (Lipinski definition) is 4. The van der Waals surface area contributed by atoms with Crippen molar-refractivity contribution in [3.05, 3.63) is 0 Å². The number of methoxy groups -OCH3 is 1. The van der Waals surface area contributed by atoms with Crippen LogP contribution in [0, 0.1) is 5.92 Å². The van der Waals surface area contributed by atoms with E-state index in [0.717, 1.165) is 44.7 Å². The maximum absolute atomic E-state index is 5.70. The Bertz CT molecular complexity index is 228. The number of rotatable bonds is 10. The van der Waals surface area contributed by atoms with E-state index in [0.29, 0.717) is 0 Å². The third-order valence-electron chi connectivity index (χ3n) is 4.17. The molecule has 0 atom stereocenters. The van der Waals surface area contributed by atoms with Gasteiger partial charge < -0.3 is 14.8 Å². The summed E-state index contributed by atoms with van der Waals surface area (Å²) in [5, 5.41) is 3.45. The fourth-order valence-corrected chi connectivity index (χ4v) is 2.85. The van der Waals surface area contributed by atoms with E-state index in [2.05, 4.69) is 10.2 Å². The molecule has 1 heterocycles. The maximum atomic E-state index is 5.70. The van der Waals surface area contributed by atoms with Crippen LogP contribution in [0.4, 0.5) is 0 Å². The van der Waals surface area contributed by atoms with Crippen LogP contribution in [0.25, 0.3) is 0 Å². The topological polar surface area (TPSA) is 33.7 Å². The van der Waals surface area contributed by atoms with E-state index in [9.17, 15) is 0 Å². The number of nitrogens with zero attached hydrogens (tertiary/aromatic N) is 1. The van der Waals surface area contributed by atoms with Crippen LogP contribution in [0.2, 0.25) is 0 Å². The van der Waals surface area contributed by atoms with Crippen molar-refractivity contribution in [2.75, 3.05) is 53.1 Å². The Morgan fingerprint density at radius 2 is 1.84 bits per heavy atom. The molecule has 1 aliphatic carbocycles. The van der Waals surface area contributed by atoms with Crippen LogP contribution in [0.3, 0.4) is 0 Å². The molecule has 0 radical (unpaired) electrons. The van der Waals surface area contributed by atoms with Gasteiger partial charge in [0.2, 0.25) is 0 Å². The molecular formula is C15H30N2O2. The minimum absolute atomic E-state index is 0.807. The quantitative estimate of drug-likeness (QED) is 0.610. The van der Waals surface area contributed by atoms with Crippen molar-refractivity contribution in [3.8, 4) is 0 Å². The predicted octanol–water partition coefficient (Wildman–Crippen LogP) is 1.50. The van der Waals surface area contributed by atoms with Gasteiger partial charge in [0.05, 0.1) is 6.61 Å². The van der Waals surface area contributed by atoms with Gasteiger partial charge in [-0.05, 0) is 51.1 Å². The van der Waals surface area contributed by atoms with E-state index in [1.165, 1.54) is 45.3 Å². The predicted molar refractivity (Wildman–Crippen MR) is 77.5 cm³/mol. The third kappa shape index (κ3) is 6.21. The Morgan fingerprint density at radius 3 is 2.53 bits per heavy atom. The first-order valence-corrected chi connectivity index (χ1v) is 7.91. The zero-order valence-electron chi connectivity index (χ0n) is 12.4. The molecule has 1 N–H and O–H groups in total. The molecule has 0 unspecified atom stereocenters. The number of nitrogens with one attached hydrogen (secondary N) is 1. The van der Waals surface area contributed by atoms with E-state index in [1.807, 2.05) is 0 Å². The summed E-state index contributed by atoms with van der Waals surface area (Å²) in [5.74, 6) is 0.898. The second kappa shape index (κ2) is 8.90. The molecular weight excluding hydrogens is 240 g/mol. The molecule has 1 saturated carbocycles. The smallest absolute Gasteiger partial charge is 0.0593 e. The summed E-state index contributed by atoms with van der Waals surface area (Å²) in [6.07, 6.45) is 6.49. The average molecular weight is 270 g/mol. The fraction of sp³-hybridized carbons (Fsp3) is 1.00. The fourth-order valence-electron chi connectivity index (χ4n) is 2.85. The maximum Gasteiger partial charge on any atom is 0.0593 e. The Balaban J connectivity index is 1.57. The molecule has 0 bridgehead atoms. The van der Waals surface area contributed by atoms with E-state index in [1.54, 1.807) is 7.11 Å². The summed E-state index contributed by atoms with van der Waals surface area (Å²) < 4.78 is 10.7. The summed E-state index contributed by atoms with van der Waals surface area (Å²) in [4.78, 5) is 2.67. The first-order chi connectivity index (χ1) is 9.40. The van der Waals surface area contributed by atoms with Gasteiger partial charge in [-0.1, -0.05) is 0 Å². The largest absolute Gasteiger partial charge is 0.385 e. The molecule has 2 rings (SSSR count). The molecule has 19 heavy (non-hydrogen) atoms. The van der Waals surface area contributed by atoms with Crippen molar-refractivity contribution < 1.29 is 9.47 Å². The Morgan fingerprint density at radius 1 is 1.05 bits per heavy atom. The van der Waals surface area contributed by atoms with Crippen molar-refractivity contribution >= 4 is 0 Å². The van der Waals surface area contributed by atoms with Crippen LogP contribution >= 0.6 is 0 Å². The first kappa shape index (κ1) is 15.2.